The molecule has 1 heterocycles. The van der Waals surface area contributed by atoms with Crippen LogP contribution in [0.3, 0.4) is 0 Å². The first-order valence-electron chi connectivity index (χ1n) is 3.35. The maximum absolute atomic E-state index is 11.8. The van der Waals surface area contributed by atoms with Crippen molar-refractivity contribution in [3.05, 3.63) is 6.20 Å². The van der Waals surface area contributed by atoms with Crippen LogP contribution in [-0.2, 0) is 4.79 Å². The highest BCUT2D eigenvalue weighted by Crippen LogP contribution is 2.27. The van der Waals surface area contributed by atoms with E-state index in [2.05, 4.69) is 22.2 Å². The number of halogens is 3. The second-order valence-corrected chi connectivity index (χ2v) is 3.35. The molecule has 0 saturated carbocycles. The minimum atomic E-state index is -4.93. The van der Waals surface area contributed by atoms with Crippen molar-refractivity contribution < 1.29 is 18.0 Å². The lowest BCUT2D eigenvalue weighted by Gasteiger charge is -2.03. The SMILES string of the molecule is O=C(Nc1ncc(N=C=S)s1)C(F)(F)F. The normalized spacial score (nSPS) is 10.6. The number of isothiocyanates is 1. The summed E-state index contributed by atoms with van der Waals surface area (Å²) in [4.78, 5) is 17.4. The largest absolute Gasteiger partial charge is 0.471 e. The zero-order chi connectivity index (χ0) is 11.5. The lowest BCUT2D eigenvalue weighted by Crippen LogP contribution is -2.29. The van der Waals surface area contributed by atoms with Crippen molar-refractivity contribution in [2.45, 2.75) is 6.18 Å². The monoisotopic (exact) mass is 253 g/mol. The lowest BCUT2D eigenvalue weighted by molar-refractivity contribution is -0.167. The molecule has 0 aliphatic rings. The zero-order valence-corrected chi connectivity index (χ0v) is 8.46. The average molecular weight is 253 g/mol. The zero-order valence-electron chi connectivity index (χ0n) is 6.83. The first-order valence-corrected chi connectivity index (χ1v) is 4.58. The van der Waals surface area contributed by atoms with Gasteiger partial charge in [-0.15, -0.1) is 0 Å². The molecule has 0 fully saturated rings. The second kappa shape index (κ2) is 4.47. The van der Waals surface area contributed by atoms with E-state index in [4.69, 9.17) is 0 Å². The summed E-state index contributed by atoms with van der Waals surface area (Å²) in [7, 11) is 0. The number of hydrogen-bond donors (Lipinski definition) is 1. The van der Waals surface area contributed by atoms with E-state index in [1.54, 1.807) is 5.32 Å². The van der Waals surface area contributed by atoms with Gasteiger partial charge in [-0.2, -0.15) is 18.2 Å². The molecule has 0 unspecified atom stereocenters. The molecule has 1 rings (SSSR count). The fourth-order valence-corrected chi connectivity index (χ4v) is 1.39. The Morgan fingerprint density at radius 3 is 2.87 bits per heavy atom. The number of amides is 1. The summed E-state index contributed by atoms with van der Waals surface area (Å²) < 4.78 is 35.4. The summed E-state index contributed by atoms with van der Waals surface area (Å²) >= 11 is 5.05. The van der Waals surface area contributed by atoms with Gasteiger partial charge in [-0.3, -0.25) is 10.1 Å². The number of nitrogens with zero attached hydrogens (tertiary/aromatic N) is 2. The third-order valence-electron chi connectivity index (χ3n) is 1.13. The number of rotatable bonds is 2. The number of carbonyl (C=O) groups excluding carboxylic acids is 1. The molecule has 1 amide bonds. The topological polar surface area (TPSA) is 54.4 Å². The minimum absolute atomic E-state index is 0.193. The van der Waals surface area contributed by atoms with Crippen LogP contribution in [0, 0.1) is 0 Å². The number of thiocarbonyl (C=S) groups is 1. The smallest absolute Gasteiger partial charge is 0.294 e. The Morgan fingerprint density at radius 2 is 2.33 bits per heavy atom. The van der Waals surface area contributed by atoms with E-state index in [0.29, 0.717) is 0 Å². The van der Waals surface area contributed by atoms with E-state index in [0.717, 1.165) is 11.3 Å². The molecular formula is C6H2F3N3OS2. The van der Waals surface area contributed by atoms with E-state index in [1.165, 1.54) is 6.20 Å². The summed E-state index contributed by atoms with van der Waals surface area (Å²) in [6.07, 6.45) is -3.75. The molecule has 0 bridgehead atoms. The number of thiazole rings is 1. The number of alkyl halides is 3. The highest BCUT2D eigenvalue weighted by Gasteiger charge is 2.39. The van der Waals surface area contributed by atoms with Gasteiger partial charge in [-0.25, -0.2) is 4.98 Å². The number of anilines is 1. The van der Waals surface area contributed by atoms with Gasteiger partial charge in [0.05, 0.1) is 11.4 Å². The third kappa shape index (κ3) is 3.39. The fourth-order valence-electron chi connectivity index (χ4n) is 0.588. The molecule has 1 N–H and O–H groups in total. The van der Waals surface area contributed by atoms with E-state index in [1.807, 2.05) is 5.16 Å². The first kappa shape index (κ1) is 11.8. The molecule has 0 atom stereocenters. The summed E-state index contributed by atoms with van der Waals surface area (Å²) in [5, 5.41) is 3.68. The summed E-state index contributed by atoms with van der Waals surface area (Å²) in [6, 6.07) is 0. The fraction of sp³-hybridized carbons (Fsp3) is 0.167. The molecule has 1 aromatic rings. The molecule has 0 aromatic carbocycles. The van der Waals surface area contributed by atoms with Crippen molar-refractivity contribution >= 4 is 44.8 Å². The lowest BCUT2D eigenvalue weighted by atomic mass is 10.6. The van der Waals surface area contributed by atoms with Gasteiger partial charge in [-0.1, -0.05) is 11.3 Å². The van der Waals surface area contributed by atoms with Gasteiger partial charge in [0.15, 0.2) is 5.13 Å². The summed E-state index contributed by atoms with van der Waals surface area (Å²) in [6.45, 7) is 0. The van der Waals surface area contributed by atoms with Crippen molar-refractivity contribution in [2.24, 2.45) is 4.99 Å². The standard InChI is InChI=1S/C6H2F3N3OS2/c7-6(8,9)4(13)12-5-10-1-3(15-5)11-2-14/h1H,(H,10,12,13). The molecule has 0 saturated heterocycles. The predicted molar refractivity (Wildman–Crippen MR) is 51.5 cm³/mol. The number of aliphatic imine (C=N–C) groups is 1. The van der Waals surface area contributed by atoms with E-state index < -0.39 is 12.1 Å². The Bertz CT molecular complexity index is 422. The molecule has 0 aliphatic carbocycles. The van der Waals surface area contributed by atoms with Crippen LogP contribution in [0.2, 0.25) is 0 Å². The van der Waals surface area contributed by atoms with Crippen molar-refractivity contribution in [3.8, 4) is 0 Å². The quantitative estimate of drug-likeness (QED) is 0.650. The Hall–Kier alpha value is -1.31. The van der Waals surface area contributed by atoms with Crippen LogP contribution in [0.4, 0.5) is 23.3 Å². The average Bonchev–Trinajstić information content (AvgIpc) is 2.51. The Kier molecular flexibility index (Phi) is 3.51. The van der Waals surface area contributed by atoms with Crippen LogP contribution in [0.1, 0.15) is 0 Å². The summed E-state index contributed by atoms with van der Waals surface area (Å²) in [5.74, 6) is -2.07. The highest BCUT2D eigenvalue weighted by molar-refractivity contribution is 7.78. The third-order valence-corrected chi connectivity index (χ3v) is 2.03. The van der Waals surface area contributed by atoms with Crippen molar-refractivity contribution in [3.63, 3.8) is 0 Å². The molecule has 15 heavy (non-hydrogen) atoms. The number of hydrogen-bond acceptors (Lipinski definition) is 5. The van der Waals surface area contributed by atoms with Crippen LogP contribution in [-0.4, -0.2) is 22.2 Å². The second-order valence-electron chi connectivity index (χ2n) is 2.16. The van der Waals surface area contributed by atoms with Gasteiger partial charge in [0, 0.05) is 0 Å². The molecule has 0 spiro atoms. The molecular weight excluding hydrogens is 251 g/mol. The van der Waals surface area contributed by atoms with E-state index >= 15 is 0 Å². The molecule has 1 aromatic heterocycles. The van der Waals surface area contributed by atoms with Gasteiger partial charge in [0.2, 0.25) is 0 Å². The maximum atomic E-state index is 11.8. The van der Waals surface area contributed by atoms with Crippen LogP contribution >= 0.6 is 23.6 Å². The van der Waals surface area contributed by atoms with Crippen LogP contribution in [0.5, 0.6) is 0 Å². The van der Waals surface area contributed by atoms with Crippen LogP contribution in [0.25, 0.3) is 0 Å². The molecule has 0 aliphatic heterocycles. The van der Waals surface area contributed by atoms with Crippen molar-refractivity contribution in [1.82, 2.24) is 4.98 Å². The van der Waals surface area contributed by atoms with Crippen LogP contribution < -0.4 is 5.32 Å². The summed E-state index contributed by atoms with van der Waals surface area (Å²) in [5.41, 5.74) is 0. The molecule has 9 heteroatoms. The highest BCUT2D eigenvalue weighted by atomic mass is 32.1. The number of carbonyl (C=O) groups is 1. The van der Waals surface area contributed by atoms with Crippen LogP contribution in [0.15, 0.2) is 11.2 Å². The first-order chi connectivity index (χ1) is 6.93. The Balaban J connectivity index is 2.73. The van der Waals surface area contributed by atoms with Gasteiger partial charge >= 0.3 is 12.1 Å². The molecule has 80 valence electrons. The van der Waals surface area contributed by atoms with Gasteiger partial charge in [0.1, 0.15) is 5.00 Å². The van der Waals surface area contributed by atoms with Crippen molar-refractivity contribution in [1.29, 1.82) is 0 Å². The van der Waals surface area contributed by atoms with Gasteiger partial charge in [0.25, 0.3) is 0 Å². The van der Waals surface area contributed by atoms with E-state index in [-0.39, 0.29) is 10.1 Å². The molecule has 4 nitrogen and oxygen atoms in total. The number of nitrogens with one attached hydrogen (secondary N) is 1. The van der Waals surface area contributed by atoms with Gasteiger partial charge < -0.3 is 0 Å². The Labute approximate surface area is 90.8 Å². The van der Waals surface area contributed by atoms with E-state index in [9.17, 15) is 18.0 Å². The number of aromatic nitrogens is 1. The van der Waals surface area contributed by atoms with Crippen molar-refractivity contribution in [2.75, 3.05) is 5.32 Å². The maximum Gasteiger partial charge on any atom is 0.471 e. The molecule has 0 radical (unpaired) electrons. The Morgan fingerprint density at radius 1 is 1.67 bits per heavy atom. The predicted octanol–water partition coefficient (Wildman–Crippen LogP) is 2.38. The van der Waals surface area contributed by atoms with Gasteiger partial charge in [-0.05, 0) is 12.2 Å². The minimum Gasteiger partial charge on any atom is -0.294 e.